The summed E-state index contributed by atoms with van der Waals surface area (Å²) in [4.78, 5) is 0. The van der Waals surface area contributed by atoms with E-state index in [0.717, 1.165) is 12.8 Å². The average Bonchev–Trinajstić information content (AvgIpc) is 1.89. The standard InChI is InChI=1S/C7H15O2/c1-3-4-5-9-7(2)6-8/h7-8H,1,3-6H2,2H3. The van der Waals surface area contributed by atoms with E-state index in [2.05, 4.69) is 6.92 Å². The Kier molecular flexibility index (Phi) is 5.99. The topological polar surface area (TPSA) is 29.5 Å². The van der Waals surface area contributed by atoms with E-state index in [1.54, 1.807) is 0 Å². The molecule has 2 nitrogen and oxygen atoms in total. The second-order valence-electron chi connectivity index (χ2n) is 2.07. The summed E-state index contributed by atoms with van der Waals surface area (Å²) in [5, 5.41) is 8.49. The molecule has 1 radical (unpaired) electrons. The molecule has 0 aromatic rings. The molecular weight excluding hydrogens is 116 g/mol. The quantitative estimate of drug-likeness (QED) is 0.564. The van der Waals surface area contributed by atoms with Crippen LogP contribution in [-0.2, 0) is 4.74 Å². The number of rotatable bonds is 5. The maximum absolute atomic E-state index is 8.49. The van der Waals surface area contributed by atoms with Crippen LogP contribution in [0.15, 0.2) is 0 Å². The van der Waals surface area contributed by atoms with Crippen LogP contribution >= 0.6 is 0 Å². The van der Waals surface area contributed by atoms with Crippen molar-refractivity contribution < 1.29 is 9.84 Å². The van der Waals surface area contributed by atoms with Crippen molar-refractivity contribution in [3.05, 3.63) is 6.92 Å². The molecule has 0 rings (SSSR count). The predicted molar refractivity (Wildman–Crippen MR) is 37.1 cm³/mol. The lowest BCUT2D eigenvalue weighted by atomic mass is 10.3. The van der Waals surface area contributed by atoms with Crippen LogP contribution in [0.25, 0.3) is 0 Å². The summed E-state index contributed by atoms with van der Waals surface area (Å²) in [5.74, 6) is 0. The van der Waals surface area contributed by atoms with E-state index in [0.29, 0.717) is 6.61 Å². The van der Waals surface area contributed by atoms with Gasteiger partial charge in [0.05, 0.1) is 12.7 Å². The average molecular weight is 131 g/mol. The van der Waals surface area contributed by atoms with Gasteiger partial charge in [0.25, 0.3) is 0 Å². The smallest absolute Gasteiger partial charge is 0.0777 e. The van der Waals surface area contributed by atoms with Crippen molar-refractivity contribution in [1.29, 1.82) is 0 Å². The number of unbranched alkanes of at least 4 members (excludes halogenated alkanes) is 1. The van der Waals surface area contributed by atoms with Crippen molar-refractivity contribution in [3.8, 4) is 0 Å². The highest BCUT2D eigenvalue weighted by atomic mass is 16.5. The Bertz CT molecular complexity index is 54.9. The lowest BCUT2D eigenvalue weighted by molar-refractivity contribution is 0.0241. The Morgan fingerprint density at radius 3 is 2.78 bits per heavy atom. The highest BCUT2D eigenvalue weighted by molar-refractivity contribution is 4.45. The van der Waals surface area contributed by atoms with Gasteiger partial charge in [-0.05, 0) is 13.3 Å². The van der Waals surface area contributed by atoms with Crippen LogP contribution < -0.4 is 0 Å². The first kappa shape index (κ1) is 8.92. The third-order valence-electron chi connectivity index (χ3n) is 1.05. The molecule has 0 aromatic carbocycles. The fourth-order valence-electron chi connectivity index (χ4n) is 0.439. The molecule has 0 amide bonds. The van der Waals surface area contributed by atoms with Gasteiger partial charge >= 0.3 is 0 Å². The van der Waals surface area contributed by atoms with Gasteiger partial charge in [-0.25, -0.2) is 0 Å². The second kappa shape index (κ2) is 6.05. The summed E-state index contributed by atoms with van der Waals surface area (Å²) in [5.41, 5.74) is 0. The summed E-state index contributed by atoms with van der Waals surface area (Å²) in [6.45, 7) is 6.34. The van der Waals surface area contributed by atoms with Gasteiger partial charge in [-0.15, -0.1) is 0 Å². The molecule has 0 aromatic heterocycles. The van der Waals surface area contributed by atoms with Crippen molar-refractivity contribution in [2.45, 2.75) is 25.9 Å². The summed E-state index contributed by atoms with van der Waals surface area (Å²) < 4.78 is 5.14. The highest BCUT2D eigenvalue weighted by Gasteiger charge is 1.96. The highest BCUT2D eigenvalue weighted by Crippen LogP contribution is 1.92. The molecule has 0 saturated carbocycles. The van der Waals surface area contributed by atoms with Crippen LogP contribution in [0.1, 0.15) is 19.8 Å². The molecule has 0 aliphatic heterocycles. The first-order chi connectivity index (χ1) is 4.31. The molecule has 0 spiro atoms. The number of hydrogen-bond donors (Lipinski definition) is 1. The fourth-order valence-corrected chi connectivity index (χ4v) is 0.439. The van der Waals surface area contributed by atoms with E-state index >= 15 is 0 Å². The van der Waals surface area contributed by atoms with Crippen LogP contribution in [-0.4, -0.2) is 24.4 Å². The largest absolute Gasteiger partial charge is 0.394 e. The molecule has 0 saturated heterocycles. The van der Waals surface area contributed by atoms with Crippen molar-refractivity contribution in [1.82, 2.24) is 0 Å². The third kappa shape index (κ3) is 5.80. The molecule has 55 valence electrons. The fraction of sp³-hybridized carbons (Fsp3) is 0.857. The third-order valence-corrected chi connectivity index (χ3v) is 1.05. The monoisotopic (exact) mass is 131 g/mol. The van der Waals surface area contributed by atoms with Gasteiger partial charge in [0.15, 0.2) is 0 Å². The zero-order valence-corrected chi connectivity index (χ0v) is 5.97. The molecule has 0 bridgehead atoms. The number of aliphatic hydroxyl groups excluding tert-OH is 1. The van der Waals surface area contributed by atoms with E-state index in [-0.39, 0.29) is 12.7 Å². The Morgan fingerprint density at radius 1 is 1.67 bits per heavy atom. The summed E-state index contributed by atoms with van der Waals surface area (Å²) in [6, 6.07) is 0. The molecular formula is C7H15O2. The first-order valence-corrected chi connectivity index (χ1v) is 3.33. The van der Waals surface area contributed by atoms with E-state index in [1.807, 2.05) is 6.92 Å². The second-order valence-corrected chi connectivity index (χ2v) is 2.07. The van der Waals surface area contributed by atoms with Crippen molar-refractivity contribution in [2.75, 3.05) is 13.2 Å². The van der Waals surface area contributed by atoms with Gasteiger partial charge in [0.1, 0.15) is 0 Å². The van der Waals surface area contributed by atoms with Gasteiger partial charge < -0.3 is 9.84 Å². The van der Waals surface area contributed by atoms with Gasteiger partial charge in [0, 0.05) is 6.61 Å². The molecule has 0 heterocycles. The maximum atomic E-state index is 8.49. The van der Waals surface area contributed by atoms with E-state index in [1.165, 1.54) is 0 Å². The predicted octanol–water partition coefficient (Wildman–Crippen LogP) is 0.998. The lowest BCUT2D eigenvalue weighted by Gasteiger charge is -2.07. The number of hydrogen-bond acceptors (Lipinski definition) is 2. The molecule has 2 heteroatoms. The van der Waals surface area contributed by atoms with Gasteiger partial charge in [-0.2, -0.15) is 0 Å². The molecule has 1 atom stereocenters. The van der Waals surface area contributed by atoms with Crippen LogP contribution in [0.3, 0.4) is 0 Å². The van der Waals surface area contributed by atoms with E-state index in [4.69, 9.17) is 9.84 Å². The minimum absolute atomic E-state index is 0.0171. The van der Waals surface area contributed by atoms with Crippen molar-refractivity contribution >= 4 is 0 Å². The lowest BCUT2D eigenvalue weighted by Crippen LogP contribution is -2.13. The minimum atomic E-state index is -0.0171. The molecule has 0 aliphatic carbocycles. The molecule has 9 heavy (non-hydrogen) atoms. The summed E-state index contributed by atoms with van der Waals surface area (Å²) >= 11 is 0. The number of ether oxygens (including phenoxy) is 1. The Morgan fingerprint density at radius 2 is 2.33 bits per heavy atom. The Balaban J connectivity index is 2.88. The Labute approximate surface area is 56.8 Å². The first-order valence-electron chi connectivity index (χ1n) is 3.33. The normalized spacial score (nSPS) is 13.7. The Hall–Kier alpha value is -0.0800. The maximum Gasteiger partial charge on any atom is 0.0777 e. The molecule has 0 fully saturated rings. The van der Waals surface area contributed by atoms with Crippen molar-refractivity contribution in [3.63, 3.8) is 0 Å². The minimum Gasteiger partial charge on any atom is -0.394 e. The van der Waals surface area contributed by atoms with E-state index in [9.17, 15) is 0 Å². The van der Waals surface area contributed by atoms with Crippen LogP contribution in [0.2, 0.25) is 0 Å². The SMILES string of the molecule is [CH2]CCCOC(C)CO. The summed E-state index contributed by atoms with van der Waals surface area (Å²) in [6.07, 6.45) is 1.86. The van der Waals surface area contributed by atoms with Crippen molar-refractivity contribution in [2.24, 2.45) is 0 Å². The van der Waals surface area contributed by atoms with Crippen LogP contribution in [0.5, 0.6) is 0 Å². The zero-order chi connectivity index (χ0) is 7.11. The molecule has 1 N–H and O–H groups in total. The van der Waals surface area contributed by atoms with Gasteiger partial charge in [-0.1, -0.05) is 13.3 Å². The van der Waals surface area contributed by atoms with Gasteiger partial charge in [-0.3, -0.25) is 0 Å². The van der Waals surface area contributed by atoms with Crippen LogP contribution in [0.4, 0.5) is 0 Å². The molecule has 0 aliphatic rings. The van der Waals surface area contributed by atoms with Crippen LogP contribution in [0, 0.1) is 6.92 Å². The summed E-state index contributed by atoms with van der Waals surface area (Å²) in [7, 11) is 0. The van der Waals surface area contributed by atoms with E-state index < -0.39 is 0 Å². The number of aliphatic hydroxyl groups is 1. The zero-order valence-electron chi connectivity index (χ0n) is 5.97. The van der Waals surface area contributed by atoms with Gasteiger partial charge in [0.2, 0.25) is 0 Å². The molecule has 1 unspecified atom stereocenters.